The van der Waals surface area contributed by atoms with Crippen LogP contribution in [0.3, 0.4) is 0 Å². The van der Waals surface area contributed by atoms with E-state index in [-0.39, 0.29) is 17.4 Å². The molecule has 0 aliphatic carbocycles. The standard InChI is InChI=1S/C21H14FN5O3S2/c22-14-2-4-16-18(12-14)32-21(24-16)26(9-8-25-7-1-6-23-25)20(28)19-11-13-10-15(27(29)30)3-5-17(13)31-19/h1-7,10-12H,8-9H2. The number of amides is 1. The van der Waals surface area contributed by atoms with Crippen LogP contribution in [0.2, 0.25) is 0 Å². The summed E-state index contributed by atoms with van der Waals surface area (Å²) in [6, 6.07) is 12.3. The minimum absolute atomic E-state index is 0.0296. The fraction of sp³-hybridized carbons (Fsp3) is 0.0952. The van der Waals surface area contributed by atoms with Crippen molar-refractivity contribution >= 4 is 59.7 Å². The number of benzene rings is 2. The van der Waals surface area contributed by atoms with Crippen molar-refractivity contribution in [3.63, 3.8) is 0 Å². The zero-order chi connectivity index (χ0) is 22.2. The van der Waals surface area contributed by atoms with Gasteiger partial charge < -0.3 is 0 Å². The first-order valence-corrected chi connectivity index (χ1v) is 11.1. The second-order valence-corrected chi connectivity index (χ2v) is 9.02. The Morgan fingerprint density at radius 3 is 2.81 bits per heavy atom. The summed E-state index contributed by atoms with van der Waals surface area (Å²) in [5, 5.41) is 16.3. The molecule has 11 heteroatoms. The second kappa shape index (κ2) is 8.09. The first-order valence-electron chi connectivity index (χ1n) is 9.51. The molecule has 5 aromatic rings. The van der Waals surface area contributed by atoms with E-state index < -0.39 is 4.92 Å². The summed E-state index contributed by atoms with van der Waals surface area (Å²) in [6.07, 6.45) is 3.46. The number of nitro benzene ring substituents is 1. The molecule has 2 aromatic carbocycles. The number of nitrogens with zero attached hydrogens (tertiary/aromatic N) is 5. The van der Waals surface area contributed by atoms with E-state index >= 15 is 0 Å². The zero-order valence-electron chi connectivity index (χ0n) is 16.3. The number of rotatable bonds is 6. The highest BCUT2D eigenvalue weighted by Crippen LogP contribution is 2.33. The monoisotopic (exact) mass is 467 g/mol. The largest absolute Gasteiger partial charge is 0.281 e. The van der Waals surface area contributed by atoms with Gasteiger partial charge in [-0.05, 0) is 36.4 Å². The maximum Gasteiger partial charge on any atom is 0.270 e. The summed E-state index contributed by atoms with van der Waals surface area (Å²) in [4.78, 5) is 30.6. The fourth-order valence-electron chi connectivity index (χ4n) is 3.30. The van der Waals surface area contributed by atoms with Crippen LogP contribution in [0.15, 0.2) is 60.9 Å². The van der Waals surface area contributed by atoms with Gasteiger partial charge in [0.15, 0.2) is 5.13 Å². The van der Waals surface area contributed by atoms with Crippen LogP contribution in [0.4, 0.5) is 15.2 Å². The van der Waals surface area contributed by atoms with Crippen molar-refractivity contribution in [1.29, 1.82) is 0 Å². The van der Waals surface area contributed by atoms with Gasteiger partial charge in [-0.2, -0.15) is 5.10 Å². The smallest absolute Gasteiger partial charge is 0.270 e. The molecule has 8 nitrogen and oxygen atoms in total. The number of hydrogen-bond acceptors (Lipinski definition) is 7. The van der Waals surface area contributed by atoms with Crippen molar-refractivity contribution in [1.82, 2.24) is 14.8 Å². The summed E-state index contributed by atoms with van der Waals surface area (Å²) in [7, 11) is 0. The van der Waals surface area contributed by atoms with Crippen LogP contribution in [0, 0.1) is 15.9 Å². The average molecular weight is 468 g/mol. The molecular weight excluding hydrogens is 453 g/mol. The lowest BCUT2D eigenvalue weighted by molar-refractivity contribution is -0.384. The van der Waals surface area contributed by atoms with Crippen molar-refractivity contribution in [2.75, 3.05) is 11.4 Å². The molecule has 5 rings (SSSR count). The lowest BCUT2D eigenvalue weighted by atomic mass is 10.2. The van der Waals surface area contributed by atoms with Crippen molar-refractivity contribution < 1.29 is 14.1 Å². The first kappa shape index (κ1) is 20.2. The lowest BCUT2D eigenvalue weighted by Gasteiger charge is -2.19. The number of aromatic nitrogens is 3. The Labute approximate surface area is 188 Å². The summed E-state index contributed by atoms with van der Waals surface area (Å²) >= 11 is 2.49. The Kier molecular flexibility index (Phi) is 5.11. The molecule has 3 heterocycles. The Balaban J connectivity index is 1.53. The Morgan fingerprint density at radius 1 is 1.16 bits per heavy atom. The number of nitro groups is 1. The van der Waals surface area contributed by atoms with E-state index in [2.05, 4.69) is 10.1 Å². The SMILES string of the molecule is O=C(c1cc2cc([N+](=O)[O-])ccc2s1)N(CCn1cccn1)c1nc2ccc(F)cc2s1. The van der Waals surface area contributed by atoms with Crippen LogP contribution in [0.25, 0.3) is 20.3 Å². The van der Waals surface area contributed by atoms with Crippen LogP contribution in [-0.4, -0.2) is 32.1 Å². The van der Waals surface area contributed by atoms with E-state index in [4.69, 9.17) is 0 Å². The molecular formula is C21H14FN5O3S2. The number of hydrogen-bond donors (Lipinski definition) is 0. The third-order valence-electron chi connectivity index (χ3n) is 4.85. The van der Waals surface area contributed by atoms with E-state index in [9.17, 15) is 19.3 Å². The van der Waals surface area contributed by atoms with Gasteiger partial charge in [-0.25, -0.2) is 9.37 Å². The number of carbonyl (C=O) groups is 1. The molecule has 160 valence electrons. The van der Waals surface area contributed by atoms with Crippen molar-refractivity contribution in [3.05, 3.63) is 81.7 Å². The predicted molar refractivity (Wildman–Crippen MR) is 122 cm³/mol. The number of halogens is 1. The average Bonchev–Trinajstić information content (AvgIpc) is 3.52. The number of carbonyl (C=O) groups excluding carboxylic acids is 1. The third-order valence-corrected chi connectivity index (χ3v) is 6.99. The molecule has 0 aliphatic heterocycles. The first-order chi connectivity index (χ1) is 15.5. The minimum Gasteiger partial charge on any atom is -0.281 e. The van der Waals surface area contributed by atoms with E-state index in [0.717, 1.165) is 4.70 Å². The van der Waals surface area contributed by atoms with Crippen LogP contribution in [-0.2, 0) is 6.54 Å². The fourth-order valence-corrected chi connectivity index (χ4v) is 5.31. The number of thiophene rings is 1. The number of thiazole rings is 1. The van der Waals surface area contributed by atoms with Gasteiger partial charge in [0.2, 0.25) is 0 Å². The van der Waals surface area contributed by atoms with Gasteiger partial charge in [0, 0.05) is 41.2 Å². The molecule has 0 aliphatic rings. The topological polar surface area (TPSA) is 94.2 Å². The lowest BCUT2D eigenvalue weighted by Crippen LogP contribution is -2.33. The van der Waals surface area contributed by atoms with Crippen molar-refractivity contribution in [3.8, 4) is 0 Å². The third kappa shape index (κ3) is 3.83. The van der Waals surface area contributed by atoms with Crippen molar-refractivity contribution in [2.24, 2.45) is 0 Å². The van der Waals surface area contributed by atoms with Gasteiger partial charge in [-0.1, -0.05) is 11.3 Å². The maximum atomic E-state index is 13.7. The molecule has 1 amide bonds. The minimum atomic E-state index is -0.463. The van der Waals surface area contributed by atoms with Crippen LogP contribution < -0.4 is 4.90 Å². The van der Waals surface area contributed by atoms with Crippen LogP contribution in [0.5, 0.6) is 0 Å². The van der Waals surface area contributed by atoms with Crippen molar-refractivity contribution in [2.45, 2.75) is 6.54 Å². The highest BCUT2D eigenvalue weighted by molar-refractivity contribution is 7.23. The molecule has 32 heavy (non-hydrogen) atoms. The Hall–Kier alpha value is -3.70. The predicted octanol–water partition coefficient (Wildman–Crippen LogP) is 5.10. The summed E-state index contributed by atoms with van der Waals surface area (Å²) < 4.78 is 16.8. The van der Waals surface area contributed by atoms with Gasteiger partial charge in [-0.3, -0.25) is 24.5 Å². The summed E-state index contributed by atoms with van der Waals surface area (Å²) in [6.45, 7) is 0.747. The molecule has 0 saturated heterocycles. The number of anilines is 1. The Bertz CT molecular complexity index is 1460. The molecule has 3 aromatic heterocycles. The number of fused-ring (bicyclic) bond motifs is 2. The maximum absolute atomic E-state index is 13.7. The van der Waals surface area contributed by atoms with Crippen LogP contribution in [0.1, 0.15) is 9.67 Å². The Morgan fingerprint density at radius 2 is 2.03 bits per heavy atom. The van der Waals surface area contributed by atoms with E-state index in [0.29, 0.717) is 38.7 Å². The van der Waals surface area contributed by atoms with Gasteiger partial charge in [-0.15, -0.1) is 11.3 Å². The molecule has 0 unspecified atom stereocenters. The van der Waals surface area contributed by atoms with Gasteiger partial charge in [0.25, 0.3) is 11.6 Å². The van der Waals surface area contributed by atoms with Gasteiger partial charge in [0.1, 0.15) is 5.82 Å². The molecule has 0 N–H and O–H groups in total. The quantitative estimate of drug-likeness (QED) is 0.256. The van der Waals surface area contributed by atoms with E-state index in [1.165, 1.54) is 46.9 Å². The van der Waals surface area contributed by atoms with E-state index in [1.807, 2.05) is 0 Å². The highest BCUT2D eigenvalue weighted by Gasteiger charge is 2.24. The van der Waals surface area contributed by atoms with Gasteiger partial charge >= 0.3 is 0 Å². The zero-order valence-corrected chi connectivity index (χ0v) is 18.0. The molecule has 0 saturated carbocycles. The van der Waals surface area contributed by atoms with Crippen LogP contribution >= 0.6 is 22.7 Å². The summed E-state index contributed by atoms with van der Waals surface area (Å²) in [5.41, 5.74) is 0.577. The molecule has 0 bridgehead atoms. The highest BCUT2D eigenvalue weighted by atomic mass is 32.1. The van der Waals surface area contributed by atoms with E-state index in [1.54, 1.807) is 46.2 Å². The second-order valence-electron chi connectivity index (χ2n) is 6.92. The molecule has 0 fully saturated rings. The summed E-state index contributed by atoms with van der Waals surface area (Å²) in [5.74, 6) is -0.645. The molecule has 0 radical (unpaired) electrons. The molecule has 0 atom stereocenters. The molecule has 0 spiro atoms. The normalized spacial score (nSPS) is 11.3. The van der Waals surface area contributed by atoms with Gasteiger partial charge in [0.05, 0.1) is 26.6 Å². The number of non-ortho nitro benzene ring substituents is 1.